The van der Waals surface area contributed by atoms with Gasteiger partial charge < -0.3 is 16.2 Å². The molecule has 0 aromatic carbocycles. The molecule has 0 saturated heterocycles. The van der Waals surface area contributed by atoms with Crippen LogP contribution >= 0.6 is 0 Å². The van der Waals surface area contributed by atoms with Crippen LogP contribution in [-0.2, 0) is 0 Å². The highest BCUT2D eigenvalue weighted by atomic mass is 16.3. The van der Waals surface area contributed by atoms with E-state index in [1.54, 1.807) is 0 Å². The summed E-state index contributed by atoms with van der Waals surface area (Å²) in [5.41, 5.74) is 6.01. The summed E-state index contributed by atoms with van der Waals surface area (Å²) in [6.07, 6.45) is 2.82. The van der Waals surface area contributed by atoms with Crippen LogP contribution in [0.5, 0.6) is 0 Å². The SMILES string of the molecule is CC(C)CC(C)(C)C(N)C(C)(C)CC(C)(C)NC(C)(C)CC(C)(C)O. The topological polar surface area (TPSA) is 58.3 Å². The first-order valence-corrected chi connectivity index (χ1v) is 9.97. The Bertz CT molecular complexity index is 414. The van der Waals surface area contributed by atoms with Crippen molar-refractivity contribution in [3.05, 3.63) is 0 Å². The van der Waals surface area contributed by atoms with Gasteiger partial charge in [0.25, 0.3) is 0 Å². The van der Waals surface area contributed by atoms with Crippen LogP contribution in [0.4, 0.5) is 0 Å². The van der Waals surface area contributed by atoms with E-state index in [0.717, 1.165) is 12.8 Å². The van der Waals surface area contributed by atoms with Gasteiger partial charge in [-0.2, -0.15) is 0 Å². The number of aliphatic hydroxyl groups is 1. The van der Waals surface area contributed by atoms with Crippen molar-refractivity contribution in [3.8, 4) is 0 Å². The highest BCUT2D eigenvalue weighted by molar-refractivity contribution is 5.00. The van der Waals surface area contributed by atoms with Crippen LogP contribution in [0.25, 0.3) is 0 Å². The van der Waals surface area contributed by atoms with E-state index in [-0.39, 0.29) is 27.9 Å². The van der Waals surface area contributed by atoms with E-state index in [9.17, 15) is 5.11 Å². The third-order valence-corrected chi connectivity index (χ3v) is 5.07. The Morgan fingerprint density at radius 1 is 0.760 bits per heavy atom. The van der Waals surface area contributed by atoms with Gasteiger partial charge in [0.1, 0.15) is 0 Å². The number of nitrogens with one attached hydrogen (secondary N) is 1. The summed E-state index contributed by atoms with van der Waals surface area (Å²) in [4.78, 5) is 0. The Kier molecular flexibility index (Phi) is 7.82. The van der Waals surface area contributed by atoms with E-state index >= 15 is 0 Å². The Hall–Kier alpha value is -0.120. The van der Waals surface area contributed by atoms with E-state index in [1.807, 2.05) is 13.8 Å². The second kappa shape index (κ2) is 7.86. The zero-order valence-corrected chi connectivity index (χ0v) is 19.3. The van der Waals surface area contributed by atoms with E-state index < -0.39 is 5.60 Å². The van der Waals surface area contributed by atoms with Gasteiger partial charge in [0, 0.05) is 17.1 Å². The predicted molar refractivity (Wildman–Crippen MR) is 112 cm³/mol. The van der Waals surface area contributed by atoms with Gasteiger partial charge in [-0.3, -0.25) is 0 Å². The maximum Gasteiger partial charge on any atom is 0.0609 e. The van der Waals surface area contributed by atoms with Crippen LogP contribution in [0.3, 0.4) is 0 Å². The first-order valence-electron chi connectivity index (χ1n) is 9.97. The fourth-order valence-electron chi connectivity index (χ4n) is 5.57. The third-order valence-electron chi connectivity index (χ3n) is 5.07. The van der Waals surface area contributed by atoms with Crippen molar-refractivity contribution >= 4 is 0 Å². The largest absolute Gasteiger partial charge is 0.390 e. The minimum absolute atomic E-state index is 0.0136. The molecule has 1 atom stereocenters. The Morgan fingerprint density at radius 3 is 1.52 bits per heavy atom. The summed E-state index contributed by atoms with van der Waals surface area (Å²) in [5, 5.41) is 14.0. The maximum absolute atomic E-state index is 10.2. The van der Waals surface area contributed by atoms with Gasteiger partial charge in [-0.25, -0.2) is 0 Å². The van der Waals surface area contributed by atoms with Crippen molar-refractivity contribution < 1.29 is 5.11 Å². The van der Waals surface area contributed by atoms with E-state index in [0.29, 0.717) is 12.3 Å². The van der Waals surface area contributed by atoms with Crippen LogP contribution in [0, 0.1) is 16.7 Å². The van der Waals surface area contributed by atoms with Gasteiger partial charge in [0.15, 0.2) is 0 Å². The summed E-state index contributed by atoms with van der Waals surface area (Å²) in [6, 6.07) is 0.126. The molecule has 0 rings (SSSR count). The van der Waals surface area contributed by atoms with Crippen molar-refractivity contribution in [2.24, 2.45) is 22.5 Å². The van der Waals surface area contributed by atoms with Gasteiger partial charge in [0.05, 0.1) is 5.60 Å². The molecule has 0 amide bonds. The molecular weight excluding hydrogens is 308 g/mol. The number of hydrogen-bond donors (Lipinski definition) is 3. The van der Waals surface area contributed by atoms with Crippen LogP contribution in [-0.4, -0.2) is 27.8 Å². The minimum Gasteiger partial charge on any atom is -0.390 e. The fraction of sp³-hybridized carbons (Fsp3) is 1.00. The maximum atomic E-state index is 10.2. The number of rotatable bonds is 10. The Morgan fingerprint density at radius 2 is 1.16 bits per heavy atom. The summed E-state index contributed by atoms with van der Waals surface area (Å²) < 4.78 is 0. The predicted octanol–water partition coefficient (Wildman–Crippen LogP) is 5.11. The molecule has 0 bridgehead atoms. The lowest BCUT2D eigenvalue weighted by Crippen LogP contribution is -2.58. The van der Waals surface area contributed by atoms with Crippen LogP contribution in [0.2, 0.25) is 0 Å². The van der Waals surface area contributed by atoms with Crippen molar-refractivity contribution in [1.29, 1.82) is 0 Å². The van der Waals surface area contributed by atoms with Crippen molar-refractivity contribution in [1.82, 2.24) is 5.32 Å². The van der Waals surface area contributed by atoms with Gasteiger partial charge in [0.2, 0.25) is 0 Å². The lowest BCUT2D eigenvalue weighted by molar-refractivity contribution is 0.0296. The zero-order chi connectivity index (χ0) is 20.5. The molecule has 0 saturated carbocycles. The second-order valence-electron chi connectivity index (χ2n) is 12.1. The molecule has 3 nitrogen and oxygen atoms in total. The normalized spacial score (nSPS) is 16.4. The summed E-state index contributed by atoms with van der Waals surface area (Å²) >= 11 is 0. The smallest absolute Gasteiger partial charge is 0.0609 e. The summed E-state index contributed by atoms with van der Waals surface area (Å²) in [5.74, 6) is 0.647. The molecular formula is C22H48N2O. The van der Waals surface area contributed by atoms with E-state index in [1.165, 1.54) is 0 Å². The van der Waals surface area contributed by atoms with Gasteiger partial charge in [-0.15, -0.1) is 0 Å². The first kappa shape index (κ1) is 24.9. The standard InChI is InChI=1S/C22H48N2O/c1-16(2)13-18(3,4)17(23)19(5,6)14-20(7,8)24-21(9,10)15-22(11,12)25/h16-17,24-25H,13-15,23H2,1-12H3. The molecule has 0 aromatic heterocycles. The quantitative estimate of drug-likeness (QED) is 0.510. The monoisotopic (exact) mass is 356 g/mol. The van der Waals surface area contributed by atoms with Crippen LogP contribution in [0.15, 0.2) is 0 Å². The molecule has 0 fully saturated rings. The van der Waals surface area contributed by atoms with Crippen LogP contribution < -0.4 is 11.1 Å². The zero-order valence-electron chi connectivity index (χ0n) is 19.3. The second-order valence-corrected chi connectivity index (χ2v) is 12.1. The average molecular weight is 357 g/mol. The molecule has 3 heteroatoms. The molecule has 152 valence electrons. The van der Waals surface area contributed by atoms with Gasteiger partial charge in [-0.05, 0) is 77.6 Å². The minimum atomic E-state index is -0.683. The van der Waals surface area contributed by atoms with E-state index in [2.05, 4.69) is 74.6 Å². The van der Waals surface area contributed by atoms with Crippen LogP contribution in [0.1, 0.15) is 102 Å². The molecule has 4 N–H and O–H groups in total. The third kappa shape index (κ3) is 9.40. The molecule has 1 unspecified atom stereocenters. The Labute approximate surface area is 158 Å². The molecule has 0 aliphatic rings. The number of hydrogen-bond acceptors (Lipinski definition) is 3. The first-order chi connectivity index (χ1) is 10.7. The lowest BCUT2D eigenvalue weighted by Gasteiger charge is -2.48. The lowest BCUT2D eigenvalue weighted by atomic mass is 9.63. The van der Waals surface area contributed by atoms with Gasteiger partial charge >= 0.3 is 0 Å². The molecule has 25 heavy (non-hydrogen) atoms. The molecule has 0 spiro atoms. The fourth-order valence-corrected chi connectivity index (χ4v) is 5.57. The molecule has 0 aromatic rings. The molecule has 0 aliphatic heterocycles. The van der Waals surface area contributed by atoms with Crippen molar-refractivity contribution in [2.45, 2.75) is 125 Å². The van der Waals surface area contributed by atoms with Crippen molar-refractivity contribution in [2.75, 3.05) is 0 Å². The summed E-state index contributed by atoms with van der Waals surface area (Å²) in [6.45, 7) is 26.3. The molecule has 0 radical (unpaired) electrons. The Balaban J connectivity index is 5.18. The average Bonchev–Trinajstić information content (AvgIpc) is 2.18. The summed E-state index contributed by atoms with van der Waals surface area (Å²) in [7, 11) is 0. The van der Waals surface area contributed by atoms with E-state index in [4.69, 9.17) is 5.73 Å². The highest BCUT2D eigenvalue weighted by Crippen LogP contribution is 2.42. The van der Waals surface area contributed by atoms with Gasteiger partial charge in [-0.1, -0.05) is 41.5 Å². The number of nitrogens with two attached hydrogens (primary N) is 1. The molecule has 0 aliphatic carbocycles. The molecule has 0 heterocycles. The highest BCUT2D eigenvalue weighted by Gasteiger charge is 2.42. The van der Waals surface area contributed by atoms with Crippen molar-refractivity contribution in [3.63, 3.8) is 0 Å².